The molecule has 1 aliphatic rings. The number of nitrogens with zero attached hydrogens (tertiary/aromatic N) is 3. The number of H-pyrrole nitrogens is 1. The lowest BCUT2D eigenvalue weighted by molar-refractivity contribution is -0.145. The Labute approximate surface area is 136 Å². The van der Waals surface area contributed by atoms with E-state index >= 15 is 0 Å². The van der Waals surface area contributed by atoms with E-state index in [0.29, 0.717) is 25.2 Å². The van der Waals surface area contributed by atoms with E-state index in [2.05, 4.69) is 25.9 Å². The van der Waals surface area contributed by atoms with E-state index < -0.39 is 12.0 Å². The second-order valence-electron chi connectivity index (χ2n) is 6.01. The molecular formula is C17H15F3N4. The average Bonchev–Trinajstić information content (AvgIpc) is 2.95. The molecular weight excluding hydrogens is 317 g/mol. The quantitative estimate of drug-likeness (QED) is 0.781. The normalized spacial score (nSPS) is 15.6. The number of alkyl halides is 3. The molecule has 1 aliphatic heterocycles. The predicted octanol–water partition coefficient (Wildman–Crippen LogP) is 3.54. The van der Waals surface area contributed by atoms with Crippen molar-refractivity contribution in [1.29, 1.82) is 0 Å². The van der Waals surface area contributed by atoms with Crippen molar-refractivity contribution < 1.29 is 13.2 Å². The summed E-state index contributed by atoms with van der Waals surface area (Å²) in [7, 11) is 0. The Bertz CT molecular complexity index is 852. The first-order valence-electron chi connectivity index (χ1n) is 7.70. The number of rotatable bonds is 2. The average molecular weight is 332 g/mol. The standard InChI is InChI=1S/C17H15F3N4/c18-17(19,20)16-21-8-12-5-6-24(10-15(12)23-16)9-13-7-11-3-1-2-4-14(11)22-13/h1-4,7-8,22H,5-6,9-10H2. The van der Waals surface area contributed by atoms with Gasteiger partial charge in [-0.15, -0.1) is 0 Å². The Balaban J connectivity index is 1.55. The molecule has 3 heterocycles. The van der Waals surface area contributed by atoms with E-state index in [1.807, 2.05) is 24.3 Å². The van der Waals surface area contributed by atoms with Crippen LogP contribution in [0, 0.1) is 0 Å². The van der Waals surface area contributed by atoms with Crippen molar-refractivity contribution >= 4 is 10.9 Å². The van der Waals surface area contributed by atoms with E-state index in [9.17, 15) is 13.2 Å². The van der Waals surface area contributed by atoms with Gasteiger partial charge in [0.2, 0.25) is 5.82 Å². The summed E-state index contributed by atoms with van der Waals surface area (Å²) in [5.74, 6) is -1.06. The number of para-hydroxylation sites is 1. The smallest absolute Gasteiger partial charge is 0.357 e. The van der Waals surface area contributed by atoms with Gasteiger partial charge in [-0.05, 0) is 29.5 Å². The number of fused-ring (bicyclic) bond motifs is 2. The van der Waals surface area contributed by atoms with Crippen molar-refractivity contribution in [1.82, 2.24) is 19.9 Å². The summed E-state index contributed by atoms with van der Waals surface area (Å²) in [5.41, 5.74) is 3.38. The molecule has 0 atom stereocenters. The molecule has 2 aromatic heterocycles. The van der Waals surface area contributed by atoms with Gasteiger partial charge in [0, 0.05) is 37.0 Å². The first-order chi connectivity index (χ1) is 11.5. The van der Waals surface area contributed by atoms with Crippen molar-refractivity contribution in [3.8, 4) is 0 Å². The molecule has 124 valence electrons. The predicted molar refractivity (Wildman–Crippen MR) is 83.2 cm³/mol. The summed E-state index contributed by atoms with van der Waals surface area (Å²) in [6.45, 7) is 1.83. The molecule has 1 aromatic carbocycles. The van der Waals surface area contributed by atoms with Crippen LogP contribution in [-0.2, 0) is 25.7 Å². The largest absolute Gasteiger partial charge is 0.451 e. The maximum absolute atomic E-state index is 12.8. The lowest BCUT2D eigenvalue weighted by Crippen LogP contribution is -2.31. The van der Waals surface area contributed by atoms with Crippen LogP contribution >= 0.6 is 0 Å². The highest BCUT2D eigenvalue weighted by Crippen LogP contribution is 2.28. The minimum Gasteiger partial charge on any atom is -0.357 e. The molecule has 3 aromatic rings. The summed E-state index contributed by atoms with van der Waals surface area (Å²) >= 11 is 0. The zero-order chi connectivity index (χ0) is 16.7. The molecule has 0 aliphatic carbocycles. The zero-order valence-corrected chi connectivity index (χ0v) is 12.8. The minimum absolute atomic E-state index is 0.399. The van der Waals surface area contributed by atoms with Gasteiger partial charge in [-0.3, -0.25) is 4.90 Å². The van der Waals surface area contributed by atoms with Crippen molar-refractivity contribution in [2.24, 2.45) is 0 Å². The van der Waals surface area contributed by atoms with Gasteiger partial charge in [0.1, 0.15) is 0 Å². The Kier molecular flexibility index (Phi) is 3.53. The molecule has 7 heteroatoms. The van der Waals surface area contributed by atoms with Crippen LogP contribution in [0.25, 0.3) is 10.9 Å². The Morgan fingerprint density at radius 1 is 1.21 bits per heavy atom. The number of halogens is 3. The number of nitrogens with one attached hydrogen (secondary N) is 1. The van der Waals surface area contributed by atoms with Crippen molar-refractivity contribution in [2.75, 3.05) is 6.54 Å². The highest BCUT2D eigenvalue weighted by molar-refractivity contribution is 5.80. The third-order valence-corrected chi connectivity index (χ3v) is 4.26. The van der Waals surface area contributed by atoms with E-state index in [-0.39, 0.29) is 0 Å². The fourth-order valence-corrected chi connectivity index (χ4v) is 3.09. The van der Waals surface area contributed by atoms with Crippen LogP contribution in [0.1, 0.15) is 22.8 Å². The topological polar surface area (TPSA) is 44.8 Å². The zero-order valence-electron chi connectivity index (χ0n) is 12.8. The Hall–Kier alpha value is -2.41. The highest BCUT2D eigenvalue weighted by Gasteiger charge is 2.35. The first-order valence-corrected chi connectivity index (χ1v) is 7.70. The molecule has 0 radical (unpaired) electrons. The number of benzene rings is 1. The summed E-state index contributed by atoms with van der Waals surface area (Å²) in [6, 6.07) is 10.1. The first kappa shape index (κ1) is 15.1. The maximum atomic E-state index is 12.8. The van der Waals surface area contributed by atoms with Crippen LogP contribution in [0.2, 0.25) is 0 Å². The van der Waals surface area contributed by atoms with Gasteiger partial charge in [0.15, 0.2) is 0 Å². The summed E-state index contributed by atoms with van der Waals surface area (Å²) in [5, 5.41) is 1.13. The van der Waals surface area contributed by atoms with Crippen LogP contribution in [-0.4, -0.2) is 26.4 Å². The molecule has 0 saturated carbocycles. The third kappa shape index (κ3) is 2.87. The monoisotopic (exact) mass is 332 g/mol. The fourth-order valence-electron chi connectivity index (χ4n) is 3.09. The molecule has 0 fully saturated rings. The third-order valence-electron chi connectivity index (χ3n) is 4.26. The molecule has 24 heavy (non-hydrogen) atoms. The molecule has 0 bridgehead atoms. The van der Waals surface area contributed by atoms with Crippen LogP contribution in [0.3, 0.4) is 0 Å². The molecule has 1 N–H and O–H groups in total. The Morgan fingerprint density at radius 2 is 2.04 bits per heavy atom. The molecule has 4 nitrogen and oxygen atoms in total. The van der Waals surface area contributed by atoms with Crippen LogP contribution in [0.4, 0.5) is 13.2 Å². The maximum Gasteiger partial charge on any atom is 0.451 e. The van der Waals surface area contributed by atoms with Gasteiger partial charge in [0.25, 0.3) is 0 Å². The van der Waals surface area contributed by atoms with Crippen LogP contribution in [0.15, 0.2) is 36.5 Å². The van der Waals surface area contributed by atoms with Gasteiger partial charge in [-0.1, -0.05) is 18.2 Å². The van der Waals surface area contributed by atoms with Gasteiger partial charge in [-0.25, -0.2) is 9.97 Å². The van der Waals surface area contributed by atoms with Gasteiger partial charge >= 0.3 is 6.18 Å². The molecule has 0 spiro atoms. The van der Waals surface area contributed by atoms with Crippen LogP contribution in [0.5, 0.6) is 0 Å². The van der Waals surface area contributed by atoms with E-state index in [1.165, 1.54) is 6.20 Å². The van der Waals surface area contributed by atoms with Crippen molar-refractivity contribution in [3.05, 3.63) is 59.3 Å². The van der Waals surface area contributed by atoms with E-state index in [1.54, 1.807) is 0 Å². The van der Waals surface area contributed by atoms with E-state index in [4.69, 9.17) is 0 Å². The summed E-state index contributed by atoms with van der Waals surface area (Å²) in [6.07, 6.45) is -2.53. The fraction of sp³-hybridized carbons (Fsp3) is 0.294. The molecule has 4 rings (SSSR count). The van der Waals surface area contributed by atoms with Gasteiger partial charge < -0.3 is 4.98 Å². The molecule has 0 unspecified atom stereocenters. The number of aromatic amines is 1. The lowest BCUT2D eigenvalue weighted by Gasteiger charge is -2.27. The molecule has 0 amide bonds. The van der Waals surface area contributed by atoms with Crippen molar-refractivity contribution in [2.45, 2.75) is 25.7 Å². The summed E-state index contributed by atoms with van der Waals surface area (Å²) < 4.78 is 38.3. The second-order valence-corrected chi connectivity index (χ2v) is 6.01. The molecule has 0 saturated heterocycles. The summed E-state index contributed by atoms with van der Waals surface area (Å²) in [4.78, 5) is 12.6. The van der Waals surface area contributed by atoms with Gasteiger partial charge in [0.05, 0.1) is 5.69 Å². The highest BCUT2D eigenvalue weighted by atomic mass is 19.4. The Morgan fingerprint density at radius 3 is 2.83 bits per heavy atom. The number of aromatic nitrogens is 3. The van der Waals surface area contributed by atoms with Crippen molar-refractivity contribution in [3.63, 3.8) is 0 Å². The lowest BCUT2D eigenvalue weighted by atomic mass is 10.1. The number of hydrogen-bond donors (Lipinski definition) is 1. The second kappa shape index (κ2) is 5.59. The minimum atomic E-state index is -4.51. The van der Waals surface area contributed by atoms with Crippen LogP contribution < -0.4 is 0 Å². The van der Waals surface area contributed by atoms with E-state index in [0.717, 1.165) is 28.7 Å². The van der Waals surface area contributed by atoms with Gasteiger partial charge in [-0.2, -0.15) is 13.2 Å². The SMILES string of the molecule is FC(F)(F)c1ncc2c(n1)CN(Cc1cc3ccccc3[nH]1)CC2. The number of hydrogen-bond acceptors (Lipinski definition) is 3.